The van der Waals surface area contributed by atoms with Crippen molar-refractivity contribution in [3.63, 3.8) is 0 Å². The van der Waals surface area contributed by atoms with E-state index in [0.717, 1.165) is 54.2 Å². The largest absolute Gasteiger partial charge is 0.295 e. The first-order chi connectivity index (χ1) is 14.2. The molecule has 0 saturated carbocycles. The van der Waals surface area contributed by atoms with Crippen LogP contribution in [0.2, 0.25) is 0 Å². The van der Waals surface area contributed by atoms with Gasteiger partial charge in [-0.1, -0.05) is 48.5 Å². The van der Waals surface area contributed by atoms with E-state index in [2.05, 4.69) is 53.8 Å². The highest BCUT2D eigenvalue weighted by Crippen LogP contribution is 2.54. The van der Waals surface area contributed by atoms with Gasteiger partial charge in [0.2, 0.25) is 11.8 Å². The lowest BCUT2D eigenvalue weighted by Gasteiger charge is -2.31. The van der Waals surface area contributed by atoms with Crippen LogP contribution in [0.15, 0.2) is 72.8 Å². The average Bonchev–Trinajstić information content (AvgIpc) is 3.05. The number of nitrogens with one attached hydrogen (secondary N) is 1. The zero-order chi connectivity index (χ0) is 19.3. The molecule has 5 aromatic carbocycles. The summed E-state index contributed by atoms with van der Waals surface area (Å²) in [6.45, 7) is 0. The number of benzene rings is 5. The second-order valence-corrected chi connectivity index (χ2v) is 8.13. The fourth-order valence-electron chi connectivity index (χ4n) is 5.51. The minimum absolute atomic E-state index is 0.176. The van der Waals surface area contributed by atoms with Crippen molar-refractivity contribution in [2.24, 2.45) is 0 Å². The molecule has 1 heterocycles. The Hall–Kier alpha value is -3.72. The highest BCUT2D eigenvalue weighted by molar-refractivity contribution is 6.24. The van der Waals surface area contributed by atoms with Gasteiger partial charge < -0.3 is 0 Å². The van der Waals surface area contributed by atoms with Crippen LogP contribution in [-0.4, -0.2) is 11.8 Å². The molecule has 136 valence electrons. The molecule has 1 aliphatic heterocycles. The normalized spacial score (nSPS) is 20.1. The van der Waals surface area contributed by atoms with E-state index in [9.17, 15) is 9.59 Å². The molecule has 0 aromatic heterocycles. The third-order valence-electron chi connectivity index (χ3n) is 6.70. The van der Waals surface area contributed by atoms with Crippen LogP contribution in [0.5, 0.6) is 0 Å². The van der Waals surface area contributed by atoms with E-state index in [1.54, 1.807) is 0 Å². The van der Waals surface area contributed by atoms with Gasteiger partial charge >= 0.3 is 0 Å². The number of hydrogen-bond acceptors (Lipinski definition) is 2. The van der Waals surface area contributed by atoms with E-state index >= 15 is 0 Å². The predicted octanol–water partition coefficient (Wildman–Crippen LogP) is 5.14. The van der Waals surface area contributed by atoms with Crippen molar-refractivity contribution in [2.75, 3.05) is 0 Å². The van der Waals surface area contributed by atoms with Crippen LogP contribution in [0.25, 0.3) is 43.1 Å². The van der Waals surface area contributed by atoms with Crippen molar-refractivity contribution in [1.29, 1.82) is 0 Å². The Morgan fingerprint density at radius 3 is 1.14 bits per heavy atom. The molecule has 29 heavy (non-hydrogen) atoms. The van der Waals surface area contributed by atoms with Gasteiger partial charge in [0.1, 0.15) is 0 Å². The summed E-state index contributed by atoms with van der Waals surface area (Å²) in [7, 11) is 0. The van der Waals surface area contributed by atoms with Gasteiger partial charge in [-0.25, -0.2) is 0 Å². The number of hydrogen-bond donors (Lipinski definition) is 1. The lowest BCUT2D eigenvalue weighted by atomic mass is 9.69. The number of amides is 2. The number of rotatable bonds is 0. The molecule has 0 radical (unpaired) electrons. The van der Waals surface area contributed by atoms with Crippen molar-refractivity contribution in [2.45, 2.75) is 11.8 Å². The summed E-state index contributed by atoms with van der Waals surface area (Å²) in [6.07, 6.45) is 0. The maximum absolute atomic E-state index is 12.8. The molecule has 1 N–H and O–H groups in total. The van der Waals surface area contributed by atoms with Crippen molar-refractivity contribution in [1.82, 2.24) is 5.32 Å². The molecule has 3 nitrogen and oxygen atoms in total. The smallest absolute Gasteiger partial charge is 0.235 e. The SMILES string of the molecule is O=C1NC(=O)C2c3c4cc5ccccc5cc4c(c4cc5ccccc5cc34)C12. The summed E-state index contributed by atoms with van der Waals surface area (Å²) in [5.74, 6) is -1.21. The summed E-state index contributed by atoms with van der Waals surface area (Å²) in [5, 5.41) is 11.5. The van der Waals surface area contributed by atoms with Gasteiger partial charge in [-0.3, -0.25) is 14.9 Å². The van der Waals surface area contributed by atoms with Gasteiger partial charge in [0.05, 0.1) is 11.8 Å². The van der Waals surface area contributed by atoms with Gasteiger partial charge in [-0.15, -0.1) is 0 Å². The molecule has 2 bridgehead atoms. The number of imide groups is 1. The summed E-state index contributed by atoms with van der Waals surface area (Å²) in [5.41, 5.74) is 1.99. The van der Waals surface area contributed by atoms with Crippen LogP contribution in [0.3, 0.4) is 0 Å². The number of carbonyl (C=O) groups excluding carboxylic acids is 2. The Labute approximate surface area is 165 Å². The van der Waals surface area contributed by atoms with Crippen LogP contribution in [0.1, 0.15) is 23.0 Å². The lowest BCUT2D eigenvalue weighted by molar-refractivity contribution is -0.125. The average molecular weight is 373 g/mol. The lowest BCUT2D eigenvalue weighted by Crippen LogP contribution is -2.21. The van der Waals surface area contributed by atoms with Crippen LogP contribution in [0, 0.1) is 0 Å². The zero-order valence-corrected chi connectivity index (χ0v) is 15.4. The summed E-state index contributed by atoms with van der Waals surface area (Å²) in [6, 6.07) is 25.3. The first kappa shape index (κ1) is 15.2. The first-order valence-electron chi connectivity index (χ1n) is 9.86. The molecule has 2 aliphatic carbocycles. The highest BCUT2D eigenvalue weighted by atomic mass is 16.2. The second-order valence-electron chi connectivity index (χ2n) is 8.13. The van der Waals surface area contributed by atoms with E-state index in [4.69, 9.17) is 0 Å². The van der Waals surface area contributed by atoms with Crippen LogP contribution in [-0.2, 0) is 9.59 Å². The number of fused-ring (bicyclic) bond motifs is 2. The molecular formula is C26H15NO2. The van der Waals surface area contributed by atoms with Gasteiger partial charge in [0.25, 0.3) is 0 Å². The molecule has 3 aliphatic rings. The minimum Gasteiger partial charge on any atom is -0.295 e. The van der Waals surface area contributed by atoms with E-state index in [1.807, 2.05) is 24.3 Å². The Morgan fingerprint density at radius 1 is 0.517 bits per heavy atom. The van der Waals surface area contributed by atoms with Gasteiger partial charge in [-0.2, -0.15) is 0 Å². The molecular weight excluding hydrogens is 358 g/mol. The Morgan fingerprint density at radius 2 is 0.828 bits per heavy atom. The Kier molecular flexibility index (Phi) is 2.63. The molecule has 2 amide bonds. The van der Waals surface area contributed by atoms with E-state index in [1.165, 1.54) is 0 Å². The van der Waals surface area contributed by atoms with Gasteiger partial charge in [-0.05, 0) is 78.5 Å². The maximum atomic E-state index is 12.8. The molecule has 1 fully saturated rings. The fraction of sp³-hybridized carbons (Fsp3) is 0.0769. The van der Waals surface area contributed by atoms with Crippen molar-refractivity contribution in [3.05, 3.63) is 83.9 Å². The quantitative estimate of drug-likeness (QED) is 0.302. The molecule has 3 heteroatoms. The van der Waals surface area contributed by atoms with Crippen molar-refractivity contribution < 1.29 is 9.59 Å². The standard InChI is InChI=1S/C26H15NO2/c28-25-23-21-17-9-13-5-1-2-6-14(13)10-18(17)22(24(23)26(29)27-25)20-12-16-8-4-3-7-15(16)11-19(20)21/h1-12,23-24H,(H,27,28,29). The monoisotopic (exact) mass is 373 g/mol. The molecule has 0 spiro atoms. The second kappa shape index (κ2) is 5.00. The number of carbonyl (C=O) groups is 2. The fourth-order valence-corrected chi connectivity index (χ4v) is 5.51. The summed E-state index contributed by atoms with van der Waals surface area (Å²) < 4.78 is 0. The zero-order valence-electron chi connectivity index (χ0n) is 15.4. The van der Waals surface area contributed by atoms with E-state index in [0.29, 0.717) is 0 Å². The van der Waals surface area contributed by atoms with Crippen molar-refractivity contribution >= 4 is 54.9 Å². The van der Waals surface area contributed by atoms with Crippen LogP contribution >= 0.6 is 0 Å². The summed E-state index contributed by atoms with van der Waals surface area (Å²) >= 11 is 0. The van der Waals surface area contributed by atoms with Crippen LogP contribution < -0.4 is 5.32 Å². The highest BCUT2D eigenvalue weighted by Gasteiger charge is 2.49. The topological polar surface area (TPSA) is 46.2 Å². The molecule has 5 aromatic rings. The van der Waals surface area contributed by atoms with Crippen LogP contribution in [0.4, 0.5) is 0 Å². The van der Waals surface area contributed by atoms with Gasteiger partial charge in [0, 0.05) is 0 Å². The Bertz CT molecular complexity index is 1370. The molecule has 1 saturated heterocycles. The van der Waals surface area contributed by atoms with Crippen molar-refractivity contribution in [3.8, 4) is 0 Å². The van der Waals surface area contributed by atoms with E-state index < -0.39 is 11.8 Å². The third kappa shape index (κ3) is 1.78. The Balaban J connectivity index is 1.77. The molecule has 2 unspecified atom stereocenters. The third-order valence-corrected chi connectivity index (χ3v) is 6.70. The first-order valence-corrected chi connectivity index (χ1v) is 9.86. The minimum atomic E-state index is -0.431. The molecule has 8 rings (SSSR count). The summed E-state index contributed by atoms with van der Waals surface area (Å²) in [4.78, 5) is 25.6. The maximum Gasteiger partial charge on any atom is 0.235 e. The predicted molar refractivity (Wildman–Crippen MR) is 115 cm³/mol. The molecule has 2 atom stereocenters. The van der Waals surface area contributed by atoms with E-state index in [-0.39, 0.29) is 11.8 Å². The van der Waals surface area contributed by atoms with Gasteiger partial charge in [0.15, 0.2) is 0 Å².